The summed E-state index contributed by atoms with van der Waals surface area (Å²) in [6, 6.07) is 5.15. The monoisotopic (exact) mass is 386 g/mol. The molecule has 1 aromatic carbocycles. The molecule has 0 aliphatic rings. The van der Waals surface area contributed by atoms with Gasteiger partial charge < -0.3 is 16.4 Å². The smallest absolute Gasteiger partial charge is 0.352 e. The van der Waals surface area contributed by atoms with Gasteiger partial charge in [0.1, 0.15) is 5.01 Å². The fourth-order valence-corrected chi connectivity index (χ4v) is 3.08. The van der Waals surface area contributed by atoms with Gasteiger partial charge in [-0.05, 0) is 24.1 Å². The number of carbonyl (C=O) groups excluding carboxylic acids is 2. The number of carbonyl (C=O) groups is 2. The molecule has 1 aromatic heterocycles. The van der Waals surface area contributed by atoms with Crippen molar-refractivity contribution in [3.05, 3.63) is 51.5 Å². The van der Waals surface area contributed by atoms with Crippen LogP contribution in [0.3, 0.4) is 0 Å². The number of halogens is 3. The first-order valence-corrected chi connectivity index (χ1v) is 8.54. The van der Waals surface area contributed by atoms with Crippen molar-refractivity contribution in [2.45, 2.75) is 32.1 Å². The van der Waals surface area contributed by atoms with E-state index in [9.17, 15) is 22.8 Å². The molecule has 0 spiro atoms. The second-order valence-corrected chi connectivity index (χ2v) is 6.31. The Hall–Kier alpha value is -2.62. The first-order chi connectivity index (χ1) is 12.2. The van der Waals surface area contributed by atoms with Crippen LogP contribution < -0.4 is 16.4 Å². The Morgan fingerprint density at radius 1 is 1.27 bits per heavy atom. The fourth-order valence-electron chi connectivity index (χ4n) is 2.12. The second kappa shape index (κ2) is 8.17. The second-order valence-electron chi connectivity index (χ2n) is 5.42. The summed E-state index contributed by atoms with van der Waals surface area (Å²) >= 11 is 0.860. The number of hydrogen-bond acceptors (Lipinski definition) is 4. The topological polar surface area (TPSA) is 97.1 Å². The van der Waals surface area contributed by atoms with E-state index in [0.29, 0.717) is 12.0 Å². The van der Waals surface area contributed by atoms with Crippen LogP contribution in [-0.2, 0) is 12.7 Å². The van der Waals surface area contributed by atoms with Crippen molar-refractivity contribution in [2.75, 3.05) is 0 Å². The number of nitrogens with one attached hydrogen (secondary N) is 2. The summed E-state index contributed by atoms with van der Waals surface area (Å²) in [5, 5.41) is 6.25. The first kappa shape index (κ1) is 19.7. The molecular formula is C16H17F3N4O2S. The minimum Gasteiger partial charge on any atom is -0.352 e. The maximum atomic E-state index is 12.7. The molecule has 0 fully saturated rings. The molecular weight excluding hydrogens is 369 g/mol. The number of rotatable bonds is 6. The van der Waals surface area contributed by atoms with Crippen molar-refractivity contribution in [2.24, 2.45) is 5.73 Å². The third kappa shape index (κ3) is 5.19. The highest BCUT2D eigenvalue weighted by Crippen LogP contribution is 2.32. The van der Waals surface area contributed by atoms with E-state index >= 15 is 0 Å². The van der Waals surface area contributed by atoms with Gasteiger partial charge in [0.25, 0.3) is 5.91 Å². The zero-order valence-corrected chi connectivity index (χ0v) is 14.6. The van der Waals surface area contributed by atoms with Crippen molar-refractivity contribution in [3.63, 3.8) is 0 Å². The molecule has 4 N–H and O–H groups in total. The molecule has 140 valence electrons. The normalized spacial score (nSPS) is 12.5. The summed E-state index contributed by atoms with van der Waals surface area (Å²) < 4.78 is 38.0. The van der Waals surface area contributed by atoms with E-state index < -0.39 is 29.9 Å². The van der Waals surface area contributed by atoms with Gasteiger partial charge in [0, 0.05) is 17.5 Å². The van der Waals surface area contributed by atoms with E-state index in [-0.39, 0.29) is 11.6 Å². The number of nitrogens with zero attached hydrogens (tertiary/aromatic N) is 1. The maximum absolute atomic E-state index is 12.7. The molecule has 6 nitrogen and oxygen atoms in total. The molecule has 0 saturated carbocycles. The standard InChI is InChI=1S/C16H17F3N4O2S/c1-2-11(14-23-12(8-26-14)16(17,18)19)22-13(24)10-5-3-9(4-6-10)7-21-15(20)25/h3-6,8,11H,2,7H2,1H3,(H,22,24)(H3,20,21,25). The Labute approximate surface area is 151 Å². The van der Waals surface area contributed by atoms with E-state index in [1.54, 1.807) is 31.2 Å². The number of nitrogens with two attached hydrogens (primary N) is 1. The lowest BCUT2D eigenvalue weighted by atomic mass is 10.1. The quantitative estimate of drug-likeness (QED) is 0.711. The lowest BCUT2D eigenvalue weighted by Crippen LogP contribution is -2.29. The van der Waals surface area contributed by atoms with Crippen molar-refractivity contribution in [1.82, 2.24) is 15.6 Å². The van der Waals surface area contributed by atoms with Gasteiger partial charge in [-0.3, -0.25) is 4.79 Å². The highest BCUT2D eigenvalue weighted by atomic mass is 32.1. The molecule has 10 heteroatoms. The predicted octanol–water partition coefficient (Wildman–Crippen LogP) is 3.21. The van der Waals surface area contributed by atoms with E-state index in [1.165, 1.54) is 0 Å². The van der Waals surface area contributed by atoms with E-state index in [2.05, 4.69) is 15.6 Å². The number of benzene rings is 1. The minimum atomic E-state index is -4.51. The number of thiazole rings is 1. The van der Waals surface area contributed by atoms with Crippen LogP contribution in [0.15, 0.2) is 29.6 Å². The molecule has 0 aliphatic carbocycles. The van der Waals surface area contributed by atoms with Gasteiger partial charge in [0.15, 0.2) is 5.69 Å². The molecule has 1 heterocycles. The van der Waals surface area contributed by atoms with Crippen molar-refractivity contribution >= 4 is 23.3 Å². The molecule has 26 heavy (non-hydrogen) atoms. The number of urea groups is 1. The van der Waals surface area contributed by atoms with Crippen LogP contribution in [0.5, 0.6) is 0 Å². The highest BCUT2D eigenvalue weighted by Gasteiger charge is 2.34. The lowest BCUT2D eigenvalue weighted by Gasteiger charge is -2.15. The van der Waals surface area contributed by atoms with Crippen LogP contribution in [-0.4, -0.2) is 16.9 Å². The molecule has 0 saturated heterocycles. The van der Waals surface area contributed by atoms with Crippen LogP contribution in [0.4, 0.5) is 18.0 Å². The third-order valence-electron chi connectivity index (χ3n) is 3.51. The molecule has 2 aromatic rings. The Balaban J connectivity index is 2.04. The zero-order valence-electron chi connectivity index (χ0n) is 13.8. The van der Waals surface area contributed by atoms with Crippen molar-refractivity contribution in [3.8, 4) is 0 Å². The molecule has 0 bridgehead atoms. The number of amides is 3. The van der Waals surface area contributed by atoms with Crippen molar-refractivity contribution < 1.29 is 22.8 Å². The van der Waals surface area contributed by atoms with Gasteiger partial charge in [0.05, 0.1) is 6.04 Å². The van der Waals surface area contributed by atoms with Crippen LogP contribution in [0, 0.1) is 0 Å². The lowest BCUT2D eigenvalue weighted by molar-refractivity contribution is -0.140. The summed E-state index contributed by atoms with van der Waals surface area (Å²) in [4.78, 5) is 26.6. The number of alkyl halides is 3. The number of hydrogen-bond donors (Lipinski definition) is 3. The Kier molecular flexibility index (Phi) is 6.19. The van der Waals surface area contributed by atoms with Gasteiger partial charge in [-0.1, -0.05) is 19.1 Å². The van der Waals surface area contributed by atoms with E-state index in [0.717, 1.165) is 22.3 Å². The highest BCUT2D eigenvalue weighted by molar-refractivity contribution is 7.09. The summed E-state index contributed by atoms with van der Waals surface area (Å²) in [6.45, 7) is 1.98. The van der Waals surface area contributed by atoms with Crippen molar-refractivity contribution in [1.29, 1.82) is 0 Å². The van der Waals surface area contributed by atoms with Gasteiger partial charge >= 0.3 is 12.2 Å². The molecule has 0 aliphatic heterocycles. The molecule has 0 radical (unpaired) electrons. The Morgan fingerprint density at radius 3 is 2.42 bits per heavy atom. The summed E-state index contributed by atoms with van der Waals surface area (Å²) in [6.07, 6.45) is -4.11. The first-order valence-electron chi connectivity index (χ1n) is 7.66. The van der Waals surface area contributed by atoms with E-state index in [4.69, 9.17) is 5.73 Å². The van der Waals surface area contributed by atoms with Crippen LogP contribution in [0.2, 0.25) is 0 Å². The molecule has 1 atom stereocenters. The maximum Gasteiger partial charge on any atom is 0.434 e. The SMILES string of the molecule is CCC(NC(=O)c1ccc(CNC(N)=O)cc1)c1nc(C(F)(F)F)cs1. The summed E-state index contributed by atoms with van der Waals surface area (Å²) in [5.74, 6) is -0.421. The average Bonchev–Trinajstić information content (AvgIpc) is 3.08. The predicted molar refractivity (Wildman–Crippen MR) is 90.5 cm³/mol. The van der Waals surface area contributed by atoms with Gasteiger partial charge in [0.2, 0.25) is 0 Å². The third-order valence-corrected chi connectivity index (χ3v) is 4.47. The van der Waals surface area contributed by atoms with Crippen LogP contribution in [0.25, 0.3) is 0 Å². The van der Waals surface area contributed by atoms with Crippen LogP contribution in [0.1, 0.15) is 46.0 Å². The Morgan fingerprint density at radius 2 is 1.92 bits per heavy atom. The largest absolute Gasteiger partial charge is 0.434 e. The van der Waals surface area contributed by atoms with Gasteiger partial charge in [-0.2, -0.15) is 13.2 Å². The average molecular weight is 386 g/mol. The Bertz CT molecular complexity index is 775. The summed E-state index contributed by atoms with van der Waals surface area (Å²) in [5.41, 5.74) is 5.12. The van der Waals surface area contributed by atoms with Gasteiger partial charge in [-0.15, -0.1) is 11.3 Å². The summed E-state index contributed by atoms with van der Waals surface area (Å²) in [7, 11) is 0. The fraction of sp³-hybridized carbons (Fsp3) is 0.312. The molecule has 3 amide bonds. The number of aromatic nitrogens is 1. The van der Waals surface area contributed by atoms with Gasteiger partial charge in [-0.25, -0.2) is 9.78 Å². The zero-order chi connectivity index (χ0) is 19.3. The van der Waals surface area contributed by atoms with E-state index in [1.807, 2.05) is 0 Å². The number of primary amides is 1. The minimum absolute atomic E-state index is 0.204. The van der Waals surface area contributed by atoms with Crippen LogP contribution >= 0.6 is 11.3 Å². The molecule has 1 unspecified atom stereocenters. The molecule has 2 rings (SSSR count).